The number of hydrogen-bond donors (Lipinski definition) is 0. The van der Waals surface area contributed by atoms with Crippen molar-refractivity contribution in [2.75, 3.05) is 31.1 Å². The molecule has 0 radical (unpaired) electrons. The van der Waals surface area contributed by atoms with Crippen molar-refractivity contribution in [2.24, 2.45) is 0 Å². The number of anilines is 1. The summed E-state index contributed by atoms with van der Waals surface area (Å²) in [6, 6.07) is 20.9. The predicted octanol–water partition coefficient (Wildman–Crippen LogP) is 3.75. The Balaban J connectivity index is 1.42. The van der Waals surface area contributed by atoms with E-state index in [1.807, 2.05) is 29.8 Å². The van der Waals surface area contributed by atoms with Crippen molar-refractivity contribution >= 4 is 16.7 Å². The molecule has 5 rings (SSSR count). The van der Waals surface area contributed by atoms with Gasteiger partial charge in [0.05, 0.1) is 22.5 Å². The van der Waals surface area contributed by atoms with E-state index in [2.05, 4.69) is 69.4 Å². The second kappa shape index (κ2) is 7.88. The highest BCUT2D eigenvalue weighted by atomic mass is 15.4. The molecular weight excluding hydrogens is 372 g/mol. The van der Waals surface area contributed by atoms with E-state index in [4.69, 9.17) is 5.10 Å². The van der Waals surface area contributed by atoms with E-state index < -0.39 is 0 Å². The molecule has 1 aliphatic heterocycles. The van der Waals surface area contributed by atoms with Gasteiger partial charge < -0.3 is 4.90 Å². The quantitative estimate of drug-likeness (QED) is 0.524. The summed E-state index contributed by atoms with van der Waals surface area (Å²) in [7, 11) is 0. The normalized spacial score (nSPS) is 15.1. The summed E-state index contributed by atoms with van der Waals surface area (Å²) in [4.78, 5) is 4.83. The second-order valence-corrected chi connectivity index (χ2v) is 7.91. The number of piperazine rings is 1. The van der Waals surface area contributed by atoms with Gasteiger partial charge in [-0.1, -0.05) is 48.5 Å². The molecule has 1 fully saturated rings. The Morgan fingerprint density at radius 1 is 0.800 bits per heavy atom. The van der Waals surface area contributed by atoms with Crippen molar-refractivity contribution in [1.29, 1.82) is 0 Å². The Kier molecular flexibility index (Phi) is 4.93. The summed E-state index contributed by atoms with van der Waals surface area (Å²) >= 11 is 0. The molecule has 0 atom stereocenters. The predicted molar refractivity (Wildman–Crippen MR) is 120 cm³/mol. The van der Waals surface area contributed by atoms with Crippen LogP contribution in [0, 0.1) is 13.8 Å². The van der Waals surface area contributed by atoms with Gasteiger partial charge in [0.1, 0.15) is 5.52 Å². The number of hydrogen-bond acceptors (Lipinski definition) is 5. The molecule has 0 bridgehead atoms. The number of benzene rings is 2. The van der Waals surface area contributed by atoms with E-state index in [1.165, 1.54) is 5.56 Å². The highest BCUT2D eigenvalue weighted by Gasteiger charge is 2.24. The first kappa shape index (κ1) is 18.8. The van der Waals surface area contributed by atoms with E-state index in [0.29, 0.717) is 0 Å². The molecule has 152 valence electrons. The second-order valence-electron chi connectivity index (χ2n) is 7.91. The molecular formula is C24H26N6. The molecule has 4 aromatic rings. The maximum absolute atomic E-state index is 4.96. The van der Waals surface area contributed by atoms with Crippen LogP contribution in [0.1, 0.15) is 17.0 Å². The first-order chi connectivity index (χ1) is 14.7. The molecule has 3 heterocycles. The molecule has 0 spiro atoms. The lowest BCUT2D eigenvalue weighted by Crippen LogP contribution is -2.46. The largest absolute Gasteiger partial charge is 0.351 e. The molecule has 0 saturated carbocycles. The van der Waals surface area contributed by atoms with Crippen molar-refractivity contribution in [3.8, 4) is 5.69 Å². The Hall–Kier alpha value is -3.25. The minimum atomic E-state index is 0.896. The van der Waals surface area contributed by atoms with Gasteiger partial charge in [0, 0.05) is 32.7 Å². The lowest BCUT2D eigenvalue weighted by atomic mass is 10.2. The van der Waals surface area contributed by atoms with Crippen molar-refractivity contribution < 1.29 is 0 Å². The fraction of sp³-hybridized carbons (Fsp3) is 0.292. The zero-order valence-corrected chi connectivity index (χ0v) is 17.5. The zero-order chi connectivity index (χ0) is 20.5. The van der Waals surface area contributed by atoms with E-state index >= 15 is 0 Å². The van der Waals surface area contributed by atoms with Crippen LogP contribution >= 0.6 is 0 Å². The summed E-state index contributed by atoms with van der Waals surface area (Å²) in [6.45, 7) is 8.98. The maximum atomic E-state index is 4.96. The third-order valence-electron chi connectivity index (χ3n) is 5.91. The molecule has 2 aromatic heterocycles. The van der Waals surface area contributed by atoms with Crippen LogP contribution in [0.5, 0.6) is 0 Å². The molecule has 30 heavy (non-hydrogen) atoms. The standard InChI is InChI=1S/C24H26N6/c1-18-22-19(2)30(21-11-7-4-8-12-21)27-23(22)24(26-25-18)29-15-13-28(14-16-29)17-20-9-5-3-6-10-20/h3-12H,13-17H2,1-2H3. The fourth-order valence-corrected chi connectivity index (χ4v) is 4.30. The summed E-state index contributed by atoms with van der Waals surface area (Å²) in [5.41, 5.74) is 5.40. The molecule has 6 heteroatoms. The SMILES string of the molecule is Cc1nnc(N2CCN(Cc3ccccc3)CC2)c2nn(-c3ccccc3)c(C)c12. The lowest BCUT2D eigenvalue weighted by Gasteiger charge is -2.35. The van der Waals surface area contributed by atoms with Crippen LogP contribution in [0.25, 0.3) is 16.6 Å². The number of fused-ring (bicyclic) bond motifs is 1. The summed E-state index contributed by atoms with van der Waals surface area (Å²) in [6.07, 6.45) is 0. The van der Waals surface area contributed by atoms with Crippen LogP contribution in [0.4, 0.5) is 5.82 Å². The molecule has 6 nitrogen and oxygen atoms in total. The molecule has 0 unspecified atom stereocenters. The minimum Gasteiger partial charge on any atom is -0.351 e. The van der Waals surface area contributed by atoms with Crippen molar-refractivity contribution in [2.45, 2.75) is 20.4 Å². The van der Waals surface area contributed by atoms with E-state index in [1.54, 1.807) is 0 Å². The monoisotopic (exact) mass is 398 g/mol. The van der Waals surface area contributed by atoms with E-state index in [-0.39, 0.29) is 0 Å². The number of aromatic nitrogens is 4. The van der Waals surface area contributed by atoms with Gasteiger partial charge in [0.15, 0.2) is 5.82 Å². The molecule has 1 saturated heterocycles. The van der Waals surface area contributed by atoms with Gasteiger partial charge in [-0.3, -0.25) is 4.90 Å². The summed E-state index contributed by atoms with van der Waals surface area (Å²) in [5, 5.41) is 15.1. The number of nitrogens with zero attached hydrogens (tertiary/aromatic N) is 6. The van der Waals surface area contributed by atoms with Gasteiger partial charge in [-0.25, -0.2) is 4.68 Å². The topological polar surface area (TPSA) is 50.1 Å². The number of rotatable bonds is 4. The van der Waals surface area contributed by atoms with Crippen LogP contribution in [0.15, 0.2) is 60.7 Å². The highest BCUT2D eigenvalue weighted by molar-refractivity contribution is 5.92. The van der Waals surface area contributed by atoms with Crippen LogP contribution in [0.3, 0.4) is 0 Å². The van der Waals surface area contributed by atoms with Crippen molar-refractivity contribution in [1.82, 2.24) is 24.9 Å². The van der Waals surface area contributed by atoms with Gasteiger partial charge in [-0.05, 0) is 31.5 Å². The zero-order valence-electron chi connectivity index (χ0n) is 17.5. The smallest absolute Gasteiger partial charge is 0.179 e. The Morgan fingerprint density at radius 3 is 2.17 bits per heavy atom. The first-order valence-corrected chi connectivity index (χ1v) is 10.5. The van der Waals surface area contributed by atoms with Crippen LogP contribution in [0.2, 0.25) is 0 Å². The molecule has 0 amide bonds. The first-order valence-electron chi connectivity index (χ1n) is 10.5. The summed E-state index contributed by atoms with van der Waals surface area (Å²) in [5.74, 6) is 0.896. The Bertz CT molecular complexity index is 1140. The highest BCUT2D eigenvalue weighted by Crippen LogP contribution is 2.29. The van der Waals surface area contributed by atoms with Crippen LogP contribution < -0.4 is 4.90 Å². The Labute approximate surface area is 176 Å². The lowest BCUT2D eigenvalue weighted by molar-refractivity contribution is 0.249. The minimum absolute atomic E-state index is 0.896. The van der Waals surface area contributed by atoms with Gasteiger partial charge in [0.2, 0.25) is 0 Å². The van der Waals surface area contributed by atoms with Crippen LogP contribution in [-0.2, 0) is 6.54 Å². The average molecular weight is 399 g/mol. The van der Waals surface area contributed by atoms with Gasteiger partial charge in [-0.2, -0.15) is 10.2 Å². The van der Waals surface area contributed by atoms with E-state index in [9.17, 15) is 0 Å². The van der Waals surface area contributed by atoms with Gasteiger partial charge in [-0.15, -0.1) is 5.10 Å². The molecule has 1 aliphatic rings. The third kappa shape index (κ3) is 3.44. The van der Waals surface area contributed by atoms with E-state index in [0.717, 1.165) is 66.5 Å². The number of para-hydroxylation sites is 1. The Morgan fingerprint density at radius 2 is 1.47 bits per heavy atom. The van der Waals surface area contributed by atoms with Crippen molar-refractivity contribution in [3.05, 3.63) is 77.6 Å². The third-order valence-corrected chi connectivity index (χ3v) is 5.91. The number of aryl methyl sites for hydroxylation is 2. The molecule has 0 N–H and O–H groups in total. The summed E-state index contributed by atoms with van der Waals surface area (Å²) < 4.78 is 2.01. The van der Waals surface area contributed by atoms with Gasteiger partial charge in [0.25, 0.3) is 0 Å². The molecule has 0 aliphatic carbocycles. The maximum Gasteiger partial charge on any atom is 0.179 e. The van der Waals surface area contributed by atoms with Crippen molar-refractivity contribution in [3.63, 3.8) is 0 Å². The average Bonchev–Trinajstić information content (AvgIpc) is 3.14. The van der Waals surface area contributed by atoms with Gasteiger partial charge >= 0.3 is 0 Å². The fourth-order valence-electron chi connectivity index (χ4n) is 4.30. The van der Waals surface area contributed by atoms with Crippen LogP contribution in [-0.4, -0.2) is 51.1 Å². The molecule has 2 aromatic carbocycles.